The van der Waals surface area contributed by atoms with Gasteiger partial charge < -0.3 is 29.6 Å². The summed E-state index contributed by atoms with van der Waals surface area (Å²) in [5.41, 5.74) is -1.26. The average molecular weight is 340 g/mol. The van der Waals surface area contributed by atoms with Crippen molar-refractivity contribution in [2.24, 2.45) is 0 Å². The number of phosphoric acid groups is 1. The second kappa shape index (κ2) is 6.96. The van der Waals surface area contributed by atoms with Crippen molar-refractivity contribution >= 4 is 13.8 Å². The number of hydrogen-bond acceptors (Lipinski definition) is 6. The zero-order chi connectivity index (χ0) is 17.1. The third-order valence-electron chi connectivity index (χ3n) is 2.50. The summed E-state index contributed by atoms with van der Waals surface area (Å²) in [4.78, 5) is 56.5. The number of aromatic amines is 1. The minimum Gasteiger partial charge on any atom is -0.479 e. The van der Waals surface area contributed by atoms with Gasteiger partial charge in [-0.2, -0.15) is 0 Å². The van der Waals surface area contributed by atoms with Gasteiger partial charge in [0.15, 0.2) is 6.10 Å². The number of carboxylic acid groups (broad SMARTS) is 1. The van der Waals surface area contributed by atoms with Crippen molar-refractivity contribution < 1.29 is 39.0 Å². The lowest BCUT2D eigenvalue weighted by Gasteiger charge is -2.12. The predicted molar refractivity (Wildman–Crippen MR) is 67.8 cm³/mol. The summed E-state index contributed by atoms with van der Waals surface area (Å²) in [5, 5.41) is 18.2. The number of carboxylic acids is 1. The molecule has 0 aliphatic carbocycles. The van der Waals surface area contributed by atoms with E-state index in [2.05, 4.69) is 0 Å². The number of nitrogens with zero attached hydrogens (tertiary/aromatic N) is 1. The van der Waals surface area contributed by atoms with Gasteiger partial charge in [0.1, 0.15) is 6.23 Å². The van der Waals surface area contributed by atoms with Crippen LogP contribution < -0.4 is 11.2 Å². The van der Waals surface area contributed by atoms with Gasteiger partial charge in [0.2, 0.25) is 0 Å². The molecule has 0 radical (unpaired) electrons. The summed E-state index contributed by atoms with van der Waals surface area (Å²) in [6.07, 6.45) is -2.27. The largest absolute Gasteiger partial charge is 0.479 e. The molecular weight excluding hydrogens is 327 g/mol. The second-order valence-electron chi connectivity index (χ2n) is 4.18. The Morgan fingerprint density at radius 3 is 2.32 bits per heavy atom. The quantitative estimate of drug-likeness (QED) is 0.309. The molecule has 0 spiro atoms. The number of hydrogen-bond donors (Lipinski definition) is 6. The minimum absolute atomic E-state index is 0.0249. The molecule has 0 saturated carbocycles. The average Bonchev–Trinajstić information content (AvgIpc) is 2.69. The first kappa shape index (κ1) is 18.2. The summed E-state index contributed by atoms with van der Waals surface area (Å²) in [7, 11) is -4.64. The smallest absolute Gasteiger partial charge is 0.466 e. The van der Waals surface area contributed by atoms with Crippen molar-refractivity contribution in [1.29, 1.82) is 0 Å². The van der Waals surface area contributed by atoms with Crippen LogP contribution in [-0.2, 0) is 14.1 Å². The normalized spacial score (nSPS) is 24.5. The maximum absolute atomic E-state index is 11.4. The third-order valence-corrected chi connectivity index (χ3v) is 2.50. The van der Waals surface area contributed by atoms with Crippen molar-refractivity contribution in [2.75, 3.05) is 0 Å². The number of aliphatic hydroxyl groups is 1. The van der Waals surface area contributed by atoms with Crippen LogP contribution in [0.4, 0.5) is 0 Å². The van der Waals surface area contributed by atoms with Gasteiger partial charge in [0.25, 0.3) is 5.56 Å². The van der Waals surface area contributed by atoms with E-state index in [0.717, 1.165) is 10.6 Å². The van der Waals surface area contributed by atoms with Gasteiger partial charge in [-0.1, -0.05) is 0 Å². The Hall–Kier alpha value is -1.82. The molecule has 0 unspecified atom stereocenters. The Morgan fingerprint density at radius 2 is 1.91 bits per heavy atom. The highest BCUT2D eigenvalue weighted by atomic mass is 31.2. The first-order valence-electron chi connectivity index (χ1n) is 5.65. The standard InChI is InChI=1S/C9H10N2O6.H3O4P/c12-4-3-6(17-7(4)8(14)15)11-2-1-5(13)10-9(11)16;1-5(2,3)4/h1-2,4,6-7,12H,3H2,(H,14,15)(H,10,13,16);(H3,1,2,3,4)/t4-,6+,7-;/m0./s1. The number of ether oxygens (including phenoxy) is 1. The van der Waals surface area contributed by atoms with E-state index in [1.807, 2.05) is 4.98 Å². The Labute approximate surface area is 121 Å². The molecule has 1 fully saturated rings. The SMILES string of the molecule is O=C(O)[C@H]1O[C@@H](n2ccc(=O)[nH]c2=O)C[C@@H]1O.O=P(O)(O)O. The molecule has 0 amide bonds. The van der Waals surface area contributed by atoms with Gasteiger partial charge in [-0.15, -0.1) is 0 Å². The molecule has 13 heteroatoms. The molecular formula is C9H13N2O10P. The zero-order valence-corrected chi connectivity index (χ0v) is 11.7. The van der Waals surface area contributed by atoms with E-state index >= 15 is 0 Å². The number of nitrogens with one attached hydrogen (secondary N) is 1. The van der Waals surface area contributed by atoms with Gasteiger partial charge in [0, 0.05) is 18.7 Å². The highest BCUT2D eigenvalue weighted by Gasteiger charge is 2.40. The number of H-pyrrole nitrogens is 1. The summed E-state index contributed by atoms with van der Waals surface area (Å²) < 4.78 is 15.0. The molecule has 6 N–H and O–H groups in total. The van der Waals surface area contributed by atoms with Crippen LogP contribution in [0, 0.1) is 0 Å². The molecule has 0 bridgehead atoms. The van der Waals surface area contributed by atoms with Crippen LogP contribution in [0.15, 0.2) is 21.9 Å². The van der Waals surface area contributed by atoms with Crippen LogP contribution in [0.5, 0.6) is 0 Å². The molecule has 2 rings (SSSR count). The van der Waals surface area contributed by atoms with Crippen molar-refractivity contribution in [3.63, 3.8) is 0 Å². The number of aliphatic hydroxyl groups excluding tert-OH is 1. The predicted octanol–water partition coefficient (Wildman–Crippen LogP) is -2.66. The summed E-state index contributed by atoms with van der Waals surface area (Å²) >= 11 is 0. The highest BCUT2D eigenvalue weighted by molar-refractivity contribution is 7.45. The lowest BCUT2D eigenvalue weighted by Crippen LogP contribution is -2.32. The molecule has 1 saturated heterocycles. The lowest BCUT2D eigenvalue weighted by molar-refractivity contribution is -0.155. The maximum atomic E-state index is 11.4. The summed E-state index contributed by atoms with van der Waals surface area (Å²) in [6, 6.07) is 1.12. The fourth-order valence-electron chi connectivity index (χ4n) is 1.70. The number of rotatable bonds is 2. The molecule has 2 heterocycles. The number of aromatic nitrogens is 2. The van der Waals surface area contributed by atoms with E-state index in [9.17, 15) is 19.5 Å². The summed E-state index contributed by atoms with van der Waals surface area (Å²) in [5.74, 6) is -1.29. The topological polar surface area (TPSA) is 199 Å². The molecule has 22 heavy (non-hydrogen) atoms. The number of carbonyl (C=O) groups is 1. The van der Waals surface area contributed by atoms with Crippen LogP contribution >= 0.6 is 7.82 Å². The molecule has 1 aromatic heterocycles. The van der Waals surface area contributed by atoms with E-state index in [1.165, 1.54) is 6.20 Å². The Morgan fingerprint density at radius 1 is 1.36 bits per heavy atom. The van der Waals surface area contributed by atoms with E-state index in [4.69, 9.17) is 29.1 Å². The molecule has 12 nitrogen and oxygen atoms in total. The first-order chi connectivity index (χ1) is 9.99. The van der Waals surface area contributed by atoms with Crippen molar-refractivity contribution in [3.8, 4) is 0 Å². The molecule has 1 aromatic rings. The number of aliphatic carboxylic acids is 1. The van der Waals surface area contributed by atoms with E-state index in [0.29, 0.717) is 0 Å². The van der Waals surface area contributed by atoms with Gasteiger partial charge in [-0.3, -0.25) is 14.3 Å². The fourth-order valence-corrected chi connectivity index (χ4v) is 1.70. The van der Waals surface area contributed by atoms with Gasteiger partial charge in [-0.25, -0.2) is 14.2 Å². The van der Waals surface area contributed by atoms with Gasteiger partial charge >= 0.3 is 19.5 Å². The van der Waals surface area contributed by atoms with E-state index < -0.39 is 43.5 Å². The Bertz CT molecular complexity index is 682. The molecule has 1 aliphatic heterocycles. The van der Waals surface area contributed by atoms with E-state index in [-0.39, 0.29) is 6.42 Å². The molecule has 124 valence electrons. The molecule has 0 aromatic carbocycles. The minimum atomic E-state index is -4.64. The van der Waals surface area contributed by atoms with Crippen LogP contribution in [0.2, 0.25) is 0 Å². The molecule has 1 aliphatic rings. The third kappa shape index (κ3) is 5.52. The maximum Gasteiger partial charge on any atom is 0.466 e. The van der Waals surface area contributed by atoms with Crippen molar-refractivity contribution in [2.45, 2.75) is 24.9 Å². The second-order valence-corrected chi connectivity index (χ2v) is 5.21. The highest BCUT2D eigenvalue weighted by Crippen LogP contribution is 2.27. The zero-order valence-electron chi connectivity index (χ0n) is 10.8. The Balaban J connectivity index is 0.000000422. The molecule has 3 atom stereocenters. The first-order valence-corrected chi connectivity index (χ1v) is 7.21. The van der Waals surface area contributed by atoms with Gasteiger partial charge in [0.05, 0.1) is 6.10 Å². The van der Waals surface area contributed by atoms with Crippen LogP contribution in [0.1, 0.15) is 12.6 Å². The lowest BCUT2D eigenvalue weighted by atomic mass is 10.2. The van der Waals surface area contributed by atoms with Crippen molar-refractivity contribution in [3.05, 3.63) is 33.1 Å². The van der Waals surface area contributed by atoms with Crippen LogP contribution in [-0.4, -0.2) is 52.6 Å². The monoisotopic (exact) mass is 340 g/mol. The summed E-state index contributed by atoms with van der Waals surface area (Å²) in [6.45, 7) is 0. The fraction of sp³-hybridized carbons (Fsp3) is 0.444. The van der Waals surface area contributed by atoms with Crippen molar-refractivity contribution in [1.82, 2.24) is 9.55 Å². The van der Waals surface area contributed by atoms with Crippen LogP contribution in [0.3, 0.4) is 0 Å². The van der Waals surface area contributed by atoms with E-state index in [1.54, 1.807) is 0 Å². The van der Waals surface area contributed by atoms with Gasteiger partial charge in [-0.05, 0) is 0 Å². The Kier molecular flexibility index (Phi) is 5.77. The van der Waals surface area contributed by atoms with Crippen LogP contribution in [0.25, 0.3) is 0 Å².